The third-order valence-electron chi connectivity index (χ3n) is 2.16. The van der Waals surface area contributed by atoms with Gasteiger partial charge in [-0.15, -0.1) is 0 Å². The van der Waals surface area contributed by atoms with E-state index in [2.05, 4.69) is 54.7 Å². The van der Waals surface area contributed by atoms with Gasteiger partial charge in [0.25, 0.3) is 0 Å². The third kappa shape index (κ3) is 2.72. The fraction of sp³-hybridized carbons (Fsp3) is 0.286. The predicted octanol–water partition coefficient (Wildman–Crippen LogP) is 4.30. The number of benzene rings is 2. The zero-order valence-electron chi connectivity index (χ0n) is 9.75. The highest BCUT2D eigenvalue weighted by Gasteiger charge is 1.96. The van der Waals surface area contributed by atoms with Crippen LogP contribution >= 0.6 is 0 Å². The van der Waals surface area contributed by atoms with Crippen LogP contribution in [0.15, 0.2) is 42.5 Å². The second-order valence-electron chi connectivity index (χ2n) is 3.06. The summed E-state index contributed by atoms with van der Waals surface area (Å²) in [5.74, 6) is 0. The zero-order chi connectivity index (χ0) is 11.1. The topological polar surface area (TPSA) is 12.0 Å². The molecule has 0 radical (unpaired) electrons. The Balaban J connectivity index is 0.000000531. The van der Waals surface area contributed by atoms with Gasteiger partial charge in [0, 0.05) is 17.6 Å². The molecular formula is C14H19N. The summed E-state index contributed by atoms with van der Waals surface area (Å²) in [6, 6.07) is 14.8. The second-order valence-corrected chi connectivity index (χ2v) is 3.06. The first-order valence-corrected chi connectivity index (χ1v) is 5.63. The molecule has 0 aromatic heterocycles. The molecule has 0 amide bonds. The molecule has 0 aliphatic carbocycles. The Morgan fingerprint density at radius 2 is 1.60 bits per heavy atom. The minimum Gasteiger partial charge on any atom is -0.385 e. The Bertz CT molecular complexity index is 402. The Hall–Kier alpha value is -1.50. The van der Waals surface area contributed by atoms with Gasteiger partial charge in [-0.1, -0.05) is 50.2 Å². The SMILES string of the molecule is CC.CCNc1cccc2ccccc12. The highest BCUT2D eigenvalue weighted by atomic mass is 14.8. The van der Waals surface area contributed by atoms with Crippen LogP contribution in [0.4, 0.5) is 5.69 Å². The molecule has 2 aromatic carbocycles. The van der Waals surface area contributed by atoms with Gasteiger partial charge in [0.05, 0.1) is 0 Å². The summed E-state index contributed by atoms with van der Waals surface area (Å²) in [6.07, 6.45) is 0. The van der Waals surface area contributed by atoms with Gasteiger partial charge in [-0.3, -0.25) is 0 Å². The summed E-state index contributed by atoms with van der Waals surface area (Å²) in [4.78, 5) is 0. The molecule has 0 heterocycles. The molecular weight excluding hydrogens is 182 g/mol. The second kappa shape index (κ2) is 6.07. The van der Waals surface area contributed by atoms with Crippen molar-refractivity contribution in [3.05, 3.63) is 42.5 Å². The van der Waals surface area contributed by atoms with E-state index < -0.39 is 0 Å². The summed E-state index contributed by atoms with van der Waals surface area (Å²) in [5, 5.41) is 5.94. The lowest BCUT2D eigenvalue weighted by Crippen LogP contribution is -1.96. The number of hydrogen-bond donors (Lipinski definition) is 1. The van der Waals surface area contributed by atoms with Crippen LogP contribution in [0.5, 0.6) is 0 Å². The lowest BCUT2D eigenvalue weighted by molar-refractivity contribution is 1.22. The third-order valence-corrected chi connectivity index (χ3v) is 2.16. The van der Waals surface area contributed by atoms with E-state index in [1.165, 1.54) is 16.5 Å². The fourth-order valence-corrected chi connectivity index (χ4v) is 1.57. The van der Waals surface area contributed by atoms with Crippen LogP contribution < -0.4 is 5.32 Å². The molecule has 2 aromatic rings. The van der Waals surface area contributed by atoms with E-state index >= 15 is 0 Å². The number of fused-ring (bicyclic) bond motifs is 1. The number of nitrogens with one attached hydrogen (secondary N) is 1. The van der Waals surface area contributed by atoms with Gasteiger partial charge < -0.3 is 5.32 Å². The largest absolute Gasteiger partial charge is 0.385 e. The van der Waals surface area contributed by atoms with Gasteiger partial charge in [-0.25, -0.2) is 0 Å². The molecule has 1 heteroatoms. The van der Waals surface area contributed by atoms with Crippen LogP contribution in [0.1, 0.15) is 20.8 Å². The molecule has 0 aliphatic heterocycles. The smallest absolute Gasteiger partial charge is 0.0419 e. The Kier molecular flexibility index (Phi) is 4.69. The maximum Gasteiger partial charge on any atom is 0.0419 e. The highest BCUT2D eigenvalue weighted by Crippen LogP contribution is 2.22. The molecule has 0 spiro atoms. The average Bonchev–Trinajstić information content (AvgIpc) is 2.33. The van der Waals surface area contributed by atoms with Gasteiger partial charge >= 0.3 is 0 Å². The first-order chi connectivity index (χ1) is 7.42. The molecule has 0 saturated heterocycles. The molecule has 1 N–H and O–H groups in total. The standard InChI is InChI=1S/C12H13N.C2H6/c1-2-13-12-9-5-7-10-6-3-4-8-11(10)12;1-2/h3-9,13H,2H2,1H3;1-2H3. The average molecular weight is 201 g/mol. The molecule has 15 heavy (non-hydrogen) atoms. The maximum absolute atomic E-state index is 3.35. The van der Waals surface area contributed by atoms with Crippen LogP contribution in [0.2, 0.25) is 0 Å². The fourth-order valence-electron chi connectivity index (χ4n) is 1.57. The summed E-state index contributed by atoms with van der Waals surface area (Å²) >= 11 is 0. The molecule has 0 atom stereocenters. The lowest BCUT2D eigenvalue weighted by atomic mass is 10.1. The van der Waals surface area contributed by atoms with Gasteiger partial charge in [-0.2, -0.15) is 0 Å². The molecule has 80 valence electrons. The van der Waals surface area contributed by atoms with Crippen LogP contribution in [0.3, 0.4) is 0 Å². The van der Waals surface area contributed by atoms with E-state index in [0.29, 0.717) is 0 Å². The van der Waals surface area contributed by atoms with Crippen molar-refractivity contribution < 1.29 is 0 Å². The first kappa shape index (κ1) is 11.6. The summed E-state index contributed by atoms with van der Waals surface area (Å²) in [7, 11) is 0. The van der Waals surface area contributed by atoms with Gasteiger partial charge in [0.2, 0.25) is 0 Å². The van der Waals surface area contributed by atoms with E-state index in [0.717, 1.165) is 6.54 Å². The van der Waals surface area contributed by atoms with Crippen molar-refractivity contribution in [2.45, 2.75) is 20.8 Å². The minimum atomic E-state index is 0.966. The summed E-state index contributed by atoms with van der Waals surface area (Å²) < 4.78 is 0. The highest BCUT2D eigenvalue weighted by molar-refractivity contribution is 5.93. The van der Waals surface area contributed by atoms with Crippen molar-refractivity contribution >= 4 is 16.5 Å². The van der Waals surface area contributed by atoms with Gasteiger partial charge in [-0.05, 0) is 18.4 Å². The molecule has 1 nitrogen and oxygen atoms in total. The van der Waals surface area contributed by atoms with Gasteiger partial charge in [0.1, 0.15) is 0 Å². The maximum atomic E-state index is 3.35. The number of anilines is 1. The van der Waals surface area contributed by atoms with E-state index in [1.54, 1.807) is 0 Å². The minimum absolute atomic E-state index is 0.966. The molecule has 0 aliphatic rings. The number of rotatable bonds is 2. The summed E-state index contributed by atoms with van der Waals surface area (Å²) in [5.41, 5.74) is 1.22. The lowest BCUT2D eigenvalue weighted by Gasteiger charge is -2.06. The van der Waals surface area contributed by atoms with Crippen molar-refractivity contribution in [3.63, 3.8) is 0 Å². The van der Waals surface area contributed by atoms with Crippen molar-refractivity contribution in [2.75, 3.05) is 11.9 Å². The Morgan fingerprint density at radius 3 is 2.33 bits per heavy atom. The van der Waals surface area contributed by atoms with Crippen molar-refractivity contribution in [1.29, 1.82) is 0 Å². The van der Waals surface area contributed by atoms with Crippen LogP contribution in [-0.2, 0) is 0 Å². The van der Waals surface area contributed by atoms with Crippen LogP contribution in [0.25, 0.3) is 10.8 Å². The molecule has 0 fully saturated rings. The molecule has 2 rings (SSSR count). The monoisotopic (exact) mass is 201 g/mol. The Labute approximate surface area is 92.1 Å². The van der Waals surface area contributed by atoms with Gasteiger partial charge in [0.15, 0.2) is 0 Å². The molecule has 0 unspecified atom stereocenters. The van der Waals surface area contributed by atoms with Crippen LogP contribution in [0, 0.1) is 0 Å². The van der Waals surface area contributed by atoms with Crippen molar-refractivity contribution in [3.8, 4) is 0 Å². The Morgan fingerprint density at radius 1 is 0.933 bits per heavy atom. The normalized spacial score (nSPS) is 9.27. The van der Waals surface area contributed by atoms with Crippen molar-refractivity contribution in [1.82, 2.24) is 0 Å². The van der Waals surface area contributed by atoms with E-state index in [1.807, 2.05) is 13.8 Å². The predicted molar refractivity (Wildman–Crippen MR) is 69.5 cm³/mol. The zero-order valence-corrected chi connectivity index (χ0v) is 9.75. The van der Waals surface area contributed by atoms with Crippen molar-refractivity contribution in [2.24, 2.45) is 0 Å². The molecule has 0 bridgehead atoms. The number of hydrogen-bond acceptors (Lipinski definition) is 1. The van der Waals surface area contributed by atoms with Crippen LogP contribution in [-0.4, -0.2) is 6.54 Å². The summed E-state index contributed by atoms with van der Waals surface area (Å²) in [6.45, 7) is 7.08. The van der Waals surface area contributed by atoms with E-state index in [4.69, 9.17) is 0 Å². The molecule has 0 saturated carbocycles. The quantitative estimate of drug-likeness (QED) is 0.764. The first-order valence-electron chi connectivity index (χ1n) is 5.63. The van der Waals surface area contributed by atoms with E-state index in [-0.39, 0.29) is 0 Å². The van der Waals surface area contributed by atoms with E-state index in [9.17, 15) is 0 Å².